The molecule has 2 rings (SSSR count). The van der Waals surface area contributed by atoms with E-state index in [1.165, 1.54) is 32.4 Å². The van der Waals surface area contributed by atoms with Crippen LogP contribution in [0, 0.1) is 10.1 Å². The van der Waals surface area contributed by atoms with Crippen LogP contribution in [0.3, 0.4) is 0 Å². The van der Waals surface area contributed by atoms with E-state index in [0.717, 1.165) is 0 Å². The number of nitrogens with zero attached hydrogens (tertiary/aromatic N) is 1. The minimum Gasteiger partial charge on any atom is -0.496 e. The van der Waals surface area contributed by atoms with Crippen molar-refractivity contribution in [1.82, 2.24) is 4.98 Å². The van der Waals surface area contributed by atoms with Gasteiger partial charge in [0.15, 0.2) is 0 Å². The highest BCUT2D eigenvalue weighted by Crippen LogP contribution is 2.35. The van der Waals surface area contributed by atoms with Crippen LogP contribution in [-0.2, 0) is 4.74 Å². The minimum atomic E-state index is -0.557. The summed E-state index contributed by atoms with van der Waals surface area (Å²) in [6.07, 6.45) is 1.56. The lowest BCUT2D eigenvalue weighted by Crippen LogP contribution is -2.03. The molecule has 104 valence electrons. The fourth-order valence-corrected chi connectivity index (χ4v) is 1.88. The van der Waals surface area contributed by atoms with Crippen molar-refractivity contribution >= 4 is 11.7 Å². The number of non-ortho nitro benzene ring substituents is 1. The summed E-state index contributed by atoms with van der Waals surface area (Å²) >= 11 is 0. The molecule has 0 spiro atoms. The molecule has 0 unspecified atom stereocenters. The van der Waals surface area contributed by atoms with Gasteiger partial charge in [0.25, 0.3) is 5.69 Å². The SMILES string of the molecule is COC(=O)c1[nH]ccc1-c1cc([N+](=O)[O-])ccc1OC. The van der Waals surface area contributed by atoms with Crippen LogP contribution in [0.25, 0.3) is 11.1 Å². The Labute approximate surface area is 114 Å². The van der Waals surface area contributed by atoms with E-state index in [2.05, 4.69) is 9.72 Å². The van der Waals surface area contributed by atoms with Gasteiger partial charge in [-0.2, -0.15) is 0 Å². The molecule has 1 heterocycles. The smallest absolute Gasteiger partial charge is 0.355 e. The molecular formula is C13H12N2O5. The molecule has 0 amide bonds. The number of aromatic nitrogens is 1. The van der Waals surface area contributed by atoms with Gasteiger partial charge in [0.1, 0.15) is 11.4 Å². The predicted octanol–water partition coefficient (Wildman–Crippen LogP) is 2.39. The first-order chi connectivity index (χ1) is 9.58. The third kappa shape index (κ3) is 2.33. The van der Waals surface area contributed by atoms with Crippen LogP contribution in [0.4, 0.5) is 5.69 Å². The maximum atomic E-state index is 11.7. The Morgan fingerprint density at radius 1 is 1.25 bits per heavy atom. The van der Waals surface area contributed by atoms with Gasteiger partial charge < -0.3 is 14.5 Å². The van der Waals surface area contributed by atoms with Crippen LogP contribution in [-0.4, -0.2) is 30.1 Å². The monoisotopic (exact) mass is 276 g/mol. The van der Waals surface area contributed by atoms with Crippen LogP contribution in [0.2, 0.25) is 0 Å². The zero-order valence-electron chi connectivity index (χ0n) is 10.9. The first-order valence-corrected chi connectivity index (χ1v) is 5.67. The molecule has 0 bridgehead atoms. The largest absolute Gasteiger partial charge is 0.496 e. The van der Waals surface area contributed by atoms with Gasteiger partial charge in [0.2, 0.25) is 0 Å². The second-order valence-corrected chi connectivity index (χ2v) is 3.90. The lowest BCUT2D eigenvalue weighted by atomic mass is 10.0. The fourth-order valence-electron chi connectivity index (χ4n) is 1.88. The Kier molecular flexibility index (Phi) is 3.69. The summed E-state index contributed by atoms with van der Waals surface area (Å²) in [5, 5.41) is 10.9. The predicted molar refractivity (Wildman–Crippen MR) is 70.8 cm³/mol. The van der Waals surface area contributed by atoms with Gasteiger partial charge in [0.05, 0.1) is 19.1 Å². The number of esters is 1. The summed E-state index contributed by atoms with van der Waals surface area (Å²) in [6.45, 7) is 0. The number of hydrogen-bond donors (Lipinski definition) is 1. The molecule has 0 saturated carbocycles. The maximum absolute atomic E-state index is 11.7. The van der Waals surface area contributed by atoms with E-state index in [-0.39, 0.29) is 11.4 Å². The number of rotatable bonds is 4. The highest BCUT2D eigenvalue weighted by Gasteiger charge is 2.20. The van der Waals surface area contributed by atoms with Crippen molar-refractivity contribution in [1.29, 1.82) is 0 Å². The van der Waals surface area contributed by atoms with Gasteiger partial charge in [-0.15, -0.1) is 0 Å². The highest BCUT2D eigenvalue weighted by molar-refractivity contribution is 5.96. The molecule has 0 fully saturated rings. The molecule has 20 heavy (non-hydrogen) atoms. The molecule has 1 aromatic heterocycles. The number of H-pyrrole nitrogens is 1. The summed E-state index contributed by atoms with van der Waals surface area (Å²) in [7, 11) is 2.72. The number of nitrogens with one attached hydrogen (secondary N) is 1. The molecular weight excluding hydrogens is 264 g/mol. The van der Waals surface area contributed by atoms with Crippen LogP contribution < -0.4 is 4.74 Å². The number of benzene rings is 1. The van der Waals surface area contributed by atoms with E-state index < -0.39 is 10.9 Å². The van der Waals surface area contributed by atoms with Gasteiger partial charge in [-0.05, 0) is 12.1 Å². The van der Waals surface area contributed by atoms with E-state index in [1.807, 2.05) is 0 Å². The van der Waals surface area contributed by atoms with Crippen LogP contribution in [0.1, 0.15) is 10.5 Å². The number of methoxy groups -OCH3 is 2. The molecule has 0 aliphatic rings. The second kappa shape index (κ2) is 5.43. The highest BCUT2D eigenvalue weighted by atomic mass is 16.6. The van der Waals surface area contributed by atoms with Gasteiger partial charge in [-0.25, -0.2) is 4.79 Å². The second-order valence-electron chi connectivity index (χ2n) is 3.90. The van der Waals surface area contributed by atoms with E-state index in [0.29, 0.717) is 16.9 Å². The zero-order valence-corrected chi connectivity index (χ0v) is 10.9. The molecule has 7 nitrogen and oxygen atoms in total. The minimum absolute atomic E-state index is 0.0854. The Morgan fingerprint density at radius 3 is 2.60 bits per heavy atom. The van der Waals surface area contributed by atoms with Crippen molar-refractivity contribution in [2.45, 2.75) is 0 Å². The summed E-state index contributed by atoms with van der Waals surface area (Å²) in [5.41, 5.74) is 1.06. The van der Waals surface area contributed by atoms with Crippen molar-refractivity contribution in [3.63, 3.8) is 0 Å². The number of nitro groups is 1. The molecule has 0 radical (unpaired) electrons. The van der Waals surface area contributed by atoms with Gasteiger partial charge in [-0.3, -0.25) is 10.1 Å². The number of aromatic amines is 1. The topological polar surface area (TPSA) is 94.5 Å². The molecule has 0 atom stereocenters. The number of hydrogen-bond acceptors (Lipinski definition) is 5. The molecule has 0 saturated heterocycles. The first kappa shape index (κ1) is 13.6. The van der Waals surface area contributed by atoms with Crippen molar-refractivity contribution in [3.05, 3.63) is 46.3 Å². The molecule has 0 aliphatic carbocycles. The fraction of sp³-hybridized carbons (Fsp3) is 0.154. The summed E-state index contributed by atoms with van der Waals surface area (Å²) < 4.78 is 9.85. The summed E-state index contributed by atoms with van der Waals surface area (Å²) in [6, 6.07) is 5.82. The number of carbonyl (C=O) groups is 1. The molecule has 7 heteroatoms. The van der Waals surface area contributed by atoms with Crippen LogP contribution in [0.5, 0.6) is 5.75 Å². The van der Waals surface area contributed by atoms with E-state index in [1.54, 1.807) is 12.3 Å². The molecule has 2 aromatic rings. The zero-order chi connectivity index (χ0) is 14.7. The average molecular weight is 276 g/mol. The lowest BCUT2D eigenvalue weighted by Gasteiger charge is -2.08. The van der Waals surface area contributed by atoms with Crippen molar-refractivity contribution < 1.29 is 19.2 Å². The third-order valence-corrected chi connectivity index (χ3v) is 2.82. The Hall–Kier alpha value is -2.83. The first-order valence-electron chi connectivity index (χ1n) is 5.67. The number of ether oxygens (including phenoxy) is 2. The maximum Gasteiger partial charge on any atom is 0.355 e. The van der Waals surface area contributed by atoms with E-state index >= 15 is 0 Å². The normalized spacial score (nSPS) is 10.1. The van der Waals surface area contributed by atoms with Gasteiger partial charge in [0, 0.05) is 29.5 Å². The van der Waals surface area contributed by atoms with Crippen LogP contribution >= 0.6 is 0 Å². The van der Waals surface area contributed by atoms with Crippen molar-refractivity contribution in [3.8, 4) is 16.9 Å². The summed E-state index contributed by atoms with van der Waals surface area (Å²) in [5.74, 6) is -0.126. The van der Waals surface area contributed by atoms with Crippen molar-refractivity contribution in [2.24, 2.45) is 0 Å². The molecule has 0 aliphatic heterocycles. The van der Waals surface area contributed by atoms with Gasteiger partial charge in [-0.1, -0.05) is 0 Å². The van der Waals surface area contributed by atoms with Crippen LogP contribution in [0.15, 0.2) is 30.5 Å². The Balaban J connectivity index is 2.62. The summed E-state index contributed by atoms with van der Waals surface area (Å²) in [4.78, 5) is 24.8. The third-order valence-electron chi connectivity index (χ3n) is 2.82. The molecule has 1 aromatic carbocycles. The standard InChI is InChI=1S/C13H12N2O5/c1-19-11-4-3-8(15(17)18)7-10(11)9-5-6-14-12(9)13(16)20-2/h3-7,14H,1-2H3. The number of carbonyl (C=O) groups excluding carboxylic acids is 1. The Bertz CT molecular complexity index is 663. The van der Waals surface area contributed by atoms with E-state index in [9.17, 15) is 14.9 Å². The molecule has 1 N–H and O–H groups in total. The number of nitro benzene ring substituents is 1. The quantitative estimate of drug-likeness (QED) is 0.525. The van der Waals surface area contributed by atoms with Crippen molar-refractivity contribution in [2.75, 3.05) is 14.2 Å². The Morgan fingerprint density at radius 2 is 2.00 bits per heavy atom. The average Bonchev–Trinajstić information content (AvgIpc) is 2.94. The lowest BCUT2D eigenvalue weighted by molar-refractivity contribution is -0.384. The van der Waals surface area contributed by atoms with Gasteiger partial charge >= 0.3 is 5.97 Å². The van der Waals surface area contributed by atoms with E-state index in [4.69, 9.17) is 4.74 Å².